The second kappa shape index (κ2) is 14.1. The smallest absolute Gasteiger partial charge is 0.338 e. The number of non-ortho nitro benzene ring substituents is 1. The molecule has 3 aromatic carbocycles. The van der Waals surface area contributed by atoms with Crippen LogP contribution in [0.15, 0.2) is 94.4 Å². The molecule has 0 spiro atoms. The normalized spacial score (nSPS) is 14.1. The van der Waals surface area contributed by atoms with Gasteiger partial charge in [-0.3, -0.25) is 29.6 Å². The molecule has 4 aromatic rings. The molecule has 1 atom stereocenters. The predicted molar refractivity (Wildman–Crippen MR) is 175 cm³/mol. The van der Waals surface area contributed by atoms with Gasteiger partial charge in [-0.25, -0.2) is 9.79 Å². The van der Waals surface area contributed by atoms with Gasteiger partial charge in [0.25, 0.3) is 11.2 Å². The van der Waals surface area contributed by atoms with Crippen molar-refractivity contribution in [3.05, 3.63) is 136 Å². The van der Waals surface area contributed by atoms with Crippen LogP contribution in [0.3, 0.4) is 0 Å². The van der Waals surface area contributed by atoms with Crippen LogP contribution in [-0.2, 0) is 9.53 Å². The average Bonchev–Trinajstić information content (AvgIpc) is 3.37. The Morgan fingerprint density at radius 2 is 1.77 bits per heavy atom. The van der Waals surface area contributed by atoms with E-state index in [9.17, 15) is 29.8 Å². The van der Waals surface area contributed by atoms with E-state index in [0.29, 0.717) is 38.5 Å². The van der Waals surface area contributed by atoms with Crippen molar-refractivity contribution in [2.24, 2.45) is 4.99 Å². The second-order valence-electron chi connectivity index (χ2n) is 10.1. The van der Waals surface area contributed by atoms with Gasteiger partial charge in [-0.15, -0.1) is 0 Å². The van der Waals surface area contributed by atoms with Gasteiger partial charge in [0.15, 0.2) is 16.3 Å². The fourth-order valence-corrected chi connectivity index (χ4v) is 6.03. The highest BCUT2D eigenvalue weighted by atomic mass is 32.1. The topological polar surface area (TPSA) is 175 Å². The summed E-state index contributed by atoms with van der Waals surface area (Å²) in [5.74, 6) is 0.0650. The lowest BCUT2D eigenvalue weighted by Crippen LogP contribution is -2.39. The summed E-state index contributed by atoms with van der Waals surface area (Å²) >= 11 is 1.13. The molecule has 0 amide bonds. The Bertz CT molecular complexity index is 2150. The monoisotopic (exact) mass is 672 g/mol. The number of ether oxygens (including phenoxy) is 4. The van der Waals surface area contributed by atoms with E-state index in [2.05, 4.69) is 11.6 Å². The van der Waals surface area contributed by atoms with Gasteiger partial charge in [-0.1, -0.05) is 42.2 Å². The minimum Gasteiger partial charge on any atom is -0.493 e. The number of carbonyl (C=O) groups excluding carboxylic acids is 1. The van der Waals surface area contributed by atoms with Crippen LogP contribution < -0.4 is 29.1 Å². The Labute approximate surface area is 276 Å². The standard InChI is InChI=1S/C33H28N4O10S/c1-5-15-46-23-11-8-21(9-12-23)30-29(32(39)45-6-2)19(3)34-33-35(30)31(38)28(48-33)17-20-7-13-26(27(16-20)44-4)47-25-14-10-22(36(40)41)18-24(25)37(42)43/h5,7-14,16-18,30H,1,6,15H2,2-4H3/b28-17-/t30-/m1/s1. The van der Waals surface area contributed by atoms with Crippen LogP contribution in [0, 0.1) is 20.2 Å². The van der Waals surface area contributed by atoms with Crippen LogP contribution in [0.5, 0.6) is 23.0 Å². The Kier molecular flexibility index (Phi) is 9.80. The van der Waals surface area contributed by atoms with E-state index >= 15 is 0 Å². The summed E-state index contributed by atoms with van der Waals surface area (Å²) in [5, 5.41) is 22.7. The fraction of sp³-hybridized carbons (Fsp3) is 0.182. The number of hydrogen-bond acceptors (Lipinski definition) is 12. The Hall–Kier alpha value is -6.09. The van der Waals surface area contributed by atoms with Crippen molar-refractivity contribution in [3.8, 4) is 23.0 Å². The number of nitro groups is 2. The van der Waals surface area contributed by atoms with E-state index in [1.165, 1.54) is 17.7 Å². The molecule has 0 saturated heterocycles. The molecule has 0 aliphatic carbocycles. The first-order valence-corrected chi connectivity index (χ1v) is 15.2. The number of methoxy groups -OCH3 is 1. The van der Waals surface area contributed by atoms with Gasteiger partial charge < -0.3 is 18.9 Å². The first kappa shape index (κ1) is 33.3. The molecule has 0 radical (unpaired) electrons. The molecule has 1 aromatic heterocycles. The number of nitro benzene ring substituents is 2. The molecule has 0 bridgehead atoms. The van der Waals surface area contributed by atoms with Crippen LogP contribution in [0.1, 0.15) is 31.0 Å². The van der Waals surface area contributed by atoms with E-state index in [1.807, 2.05) is 0 Å². The van der Waals surface area contributed by atoms with Gasteiger partial charge in [-0.2, -0.15) is 0 Å². The number of nitrogens with zero attached hydrogens (tertiary/aromatic N) is 4. The highest BCUT2D eigenvalue weighted by Crippen LogP contribution is 2.38. The van der Waals surface area contributed by atoms with Crippen LogP contribution in [0.4, 0.5) is 11.4 Å². The minimum absolute atomic E-state index is 0.100. The van der Waals surface area contributed by atoms with E-state index in [1.54, 1.807) is 62.4 Å². The molecule has 0 N–H and O–H groups in total. The first-order valence-electron chi connectivity index (χ1n) is 14.4. The molecule has 2 heterocycles. The van der Waals surface area contributed by atoms with Gasteiger partial charge in [0.1, 0.15) is 12.4 Å². The number of aromatic nitrogens is 1. The minimum atomic E-state index is -0.821. The zero-order chi connectivity index (χ0) is 34.5. The number of benzene rings is 3. The molecule has 14 nitrogen and oxygen atoms in total. The molecule has 15 heteroatoms. The molecular formula is C33H28N4O10S. The van der Waals surface area contributed by atoms with Gasteiger partial charge in [-0.05, 0) is 61.4 Å². The van der Waals surface area contributed by atoms with Crippen molar-refractivity contribution in [1.82, 2.24) is 4.57 Å². The zero-order valence-corrected chi connectivity index (χ0v) is 26.7. The van der Waals surface area contributed by atoms with Crippen molar-refractivity contribution in [2.45, 2.75) is 19.9 Å². The van der Waals surface area contributed by atoms with E-state index in [-0.39, 0.29) is 29.4 Å². The number of esters is 1. The Morgan fingerprint density at radius 3 is 2.42 bits per heavy atom. The summed E-state index contributed by atoms with van der Waals surface area (Å²) in [6, 6.07) is 13.9. The van der Waals surface area contributed by atoms with Gasteiger partial charge in [0.2, 0.25) is 5.75 Å². The maximum absolute atomic E-state index is 14.0. The van der Waals surface area contributed by atoms with Crippen LogP contribution in [0.25, 0.3) is 6.08 Å². The number of fused-ring (bicyclic) bond motifs is 1. The van der Waals surface area contributed by atoms with Gasteiger partial charge in [0.05, 0.1) is 51.5 Å². The second-order valence-corrected chi connectivity index (χ2v) is 11.2. The van der Waals surface area contributed by atoms with Crippen LogP contribution in [-0.4, -0.2) is 40.7 Å². The van der Waals surface area contributed by atoms with Crippen molar-refractivity contribution in [1.29, 1.82) is 0 Å². The number of carbonyl (C=O) groups is 1. The van der Waals surface area contributed by atoms with Crippen LogP contribution in [0.2, 0.25) is 0 Å². The maximum Gasteiger partial charge on any atom is 0.338 e. The van der Waals surface area contributed by atoms with Crippen molar-refractivity contribution in [2.75, 3.05) is 20.3 Å². The summed E-state index contributed by atoms with van der Waals surface area (Å²) in [6.07, 6.45) is 3.25. The molecule has 0 fully saturated rings. The van der Waals surface area contributed by atoms with Crippen LogP contribution >= 0.6 is 11.3 Å². The van der Waals surface area contributed by atoms with Crippen molar-refractivity contribution in [3.63, 3.8) is 0 Å². The van der Waals surface area contributed by atoms with Crippen molar-refractivity contribution >= 4 is 34.8 Å². The maximum atomic E-state index is 14.0. The quantitative estimate of drug-likeness (QED) is 0.0864. The molecule has 0 unspecified atom stereocenters. The lowest BCUT2D eigenvalue weighted by Gasteiger charge is -2.24. The largest absolute Gasteiger partial charge is 0.493 e. The third-order valence-electron chi connectivity index (χ3n) is 7.14. The van der Waals surface area contributed by atoms with Gasteiger partial charge in [0, 0.05) is 6.07 Å². The van der Waals surface area contributed by atoms with E-state index in [4.69, 9.17) is 18.9 Å². The lowest BCUT2D eigenvalue weighted by molar-refractivity contribution is -0.394. The third kappa shape index (κ3) is 6.71. The highest BCUT2D eigenvalue weighted by Gasteiger charge is 2.33. The fourth-order valence-electron chi connectivity index (χ4n) is 4.98. The number of rotatable bonds is 12. The highest BCUT2D eigenvalue weighted by molar-refractivity contribution is 7.07. The molecule has 48 heavy (non-hydrogen) atoms. The van der Waals surface area contributed by atoms with E-state index in [0.717, 1.165) is 29.5 Å². The molecule has 0 saturated carbocycles. The summed E-state index contributed by atoms with van der Waals surface area (Å²) in [7, 11) is 1.37. The lowest BCUT2D eigenvalue weighted by atomic mass is 9.96. The Morgan fingerprint density at radius 1 is 1.04 bits per heavy atom. The molecular weight excluding hydrogens is 644 g/mol. The van der Waals surface area contributed by atoms with Crippen molar-refractivity contribution < 1.29 is 33.6 Å². The molecule has 246 valence electrons. The van der Waals surface area contributed by atoms with Gasteiger partial charge >= 0.3 is 11.7 Å². The summed E-state index contributed by atoms with van der Waals surface area (Å²) in [5.41, 5.74) is 0.381. The predicted octanol–water partition coefficient (Wildman–Crippen LogP) is 4.98. The average molecular weight is 673 g/mol. The summed E-state index contributed by atoms with van der Waals surface area (Å²) < 4.78 is 23.9. The zero-order valence-electron chi connectivity index (χ0n) is 25.9. The molecule has 1 aliphatic rings. The summed E-state index contributed by atoms with van der Waals surface area (Å²) in [6.45, 7) is 7.49. The molecule has 1 aliphatic heterocycles. The number of hydrogen-bond donors (Lipinski definition) is 0. The van der Waals surface area contributed by atoms with E-state index < -0.39 is 38.8 Å². The SMILES string of the molecule is C=CCOc1ccc([C@@H]2C(C(=O)OCC)=C(C)N=c3s/c(=C\c4ccc(Oc5ccc([N+](=O)[O-])cc5[N+](=O)[O-])c(OC)c4)c(=O)n32)cc1. The summed E-state index contributed by atoms with van der Waals surface area (Å²) in [4.78, 5) is 53.3. The molecule has 5 rings (SSSR count). The number of allylic oxidation sites excluding steroid dienone is 1. The third-order valence-corrected chi connectivity index (χ3v) is 8.12. The Balaban J connectivity index is 1.56. The first-order chi connectivity index (χ1) is 23.1. The number of thiazole rings is 1.